The number of fused-ring (bicyclic) bond motifs is 1. The van der Waals surface area contributed by atoms with Crippen molar-refractivity contribution in [3.05, 3.63) is 34.1 Å². The summed E-state index contributed by atoms with van der Waals surface area (Å²) in [7, 11) is 2.61. The highest BCUT2D eigenvalue weighted by Crippen LogP contribution is 2.24. The van der Waals surface area contributed by atoms with Crippen molar-refractivity contribution < 1.29 is 19.1 Å². The maximum absolute atomic E-state index is 12.9. The first kappa shape index (κ1) is 20.0. The summed E-state index contributed by atoms with van der Waals surface area (Å²) in [6, 6.07) is 4.64. The van der Waals surface area contributed by atoms with Gasteiger partial charge >= 0.3 is 11.9 Å². The van der Waals surface area contributed by atoms with Crippen molar-refractivity contribution in [2.24, 2.45) is 5.92 Å². The molecule has 7 nitrogen and oxygen atoms in total. The van der Waals surface area contributed by atoms with Gasteiger partial charge in [-0.25, -0.2) is 9.78 Å². The molecule has 1 heterocycles. The van der Waals surface area contributed by atoms with Gasteiger partial charge in [-0.15, -0.1) is 0 Å². The molecule has 1 atom stereocenters. The van der Waals surface area contributed by atoms with Gasteiger partial charge in [-0.2, -0.15) is 0 Å². The van der Waals surface area contributed by atoms with Crippen LogP contribution in [0.4, 0.5) is 0 Å². The van der Waals surface area contributed by atoms with Gasteiger partial charge in [0.2, 0.25) is 0 Å². The summed E-state index contributed by atoms with van der Waals surface area (Å²) >= 11 is 1.16. The van der Waals surface area contributed by atoms with Crippen LogP contribution in [-0.4, -0.2) is 41.0 Å². The van der Waals surface area contributed by atoms with Crippen LogP contribution in [0.2, 0.25) is 0 Å². The van der Waals surface area contributed by atoms with E-state index in [4.69, 9.17) is 9.47 Å². The van der Waals surface area contributed by atoms with Crippen LogP contribution in [0.15, 0.2) is 28.2 Å². The summed E-state index contributed by atoms with van der Waals surface area (Å²) in [5, 5.41) is 0.302. The smallest absolute Gasteiger partial charge is 0.337 e. The zero-order valence-corrected chi connectivity index (χ0v) is 16.3. The number of methoxy groups -OCH3 is 2. The molecule has 0 saturated carbocycles. The zero-order valence-electron chi connectivity index (χ0n) is 15.4. The number of hydrogen-bond donors (Lipinski definition) is 0. The topological polar surface area (TPSA) is 87.5 Å². The molecule has 0 aliphatic heterocycles. The van der Waals surface area contributed by atoms with Crippen LogP contribution < -0.4 is 5.56 Å². The van der Waals surface area contributed by atoms with E-state index in [0.717, 1.165) is 11.8 Å². The van der Waals surface area contributed by atoms with Gasteiger partial charge in [0.1, 0.15) is 5.25 Å². The molecule has 0 unspecified atom stereocenters. The fourth-order valence-electron chi connectivity index (χ4n) is 2.43. The lowest BCUT2D eigenvalue weighted by molar-refractivity contribution is -0.139. The summed E-state index contributed by atoms with van der Waals surface area (Å²) in [5.41, 5.74) is 0.489. The van der Waals surface area contributed by atoms with Crippen molar-refractivity contribution in [3.63, 3.8) is 0 Å². The number of ether oxygens (including phenoxy) is 2. The Bertz CT molecular complexity index is 891. The Hall–Kier alpha value is -2.35. The third-order valence-electron chi connectivity index (χ3n) is 3.70. The molecule has 2 rings (SSSR count). The summed E-state index contributed by atoms with van der Waals surface area (Å²) in [6.45, 7) is 6.15. The second-order valence-electron chi connectivity index (χ2n) is 6.21. The molecule has 2 aromatic rings. The second-order valence-corrected chi connectivity index (χ2v) is 7.52. The molecular formula is C18H22N2O5S. The fourth-order valence-corrected chi connectivity index (χ4v) is 3.38. The second kappa shape index (κ2) is 8.35. The van der Waals surface area contributed by atoms with Gasteiger partial charge in [-0.1, -0.05) is 25.6 Å². The number of esters is 2. The first-order valence-corrected chi connectivity index (χ1v) is 9.03. The van der Waals surface area contributed by atoms with E-state index in [9.17, 15) is 14.4 Å². The Morgan fingerprint density at radius 1 is 1.19 bits per heavy atom. The van der Waals surface area contributed by atoms with Crippen molar-refractivity contribution in [2.75, 3.05) is 14.2 Å². The molecule has 0 bridgehead atoms. The maximum Gasteiger partial charge on any atom is 0.337 e. The van der Waals surface area contributed by atoms with Crippen molar-refractivity contribution in [3.8, 4) is 0 Å². The molecule has 0 radical (unpaired) electrons. The zero-order chi connectivity index (χ0) is 19.4. The molecule has 0 amide bonds. The summed E-state index contributed by atoms with van der Waals surface area (Å²) < 4.78 is 11.0. The molecule has 1 aromatic heterocycles. The van der Waals surface area contributed by atoms with Crippen LogP contribution in [0.5, 0.6) is 0 Å². The molecule has 1 aromatic carbocycles. The van der Waals surface area contributed by atoms with E-state index in [1.54, 1.807) is 23.6 Å². The maximum atomic E-state index is 12.9. The van der Waals surface area contributed by atoms with Crippen LogP contribution in [0.1, 0.15) is 31.1 Å². The van der Waals surface area contributed by atoms with E-state index in [1.807, 2.05) is 13.8 Å². The van der Waals surface area contributed by atoms with E-state index in [1.165, 1.54) is 20.3 Å². The molecule has 0 fully saturated rings. The minimum Gasteiger partial charge on any atom is -0.468 e. The minimum absolute atomic E-state index is 0.209. The van der Waals surface area contributed by atoms with Gasteiger partial charge in [0, 0.05) is 6.54 Å². The lowest BCUT2D eigenvalue weighted by Gasteiger charge is -2.17. The number of rotatable bonds is 6. The third-order valence-corrected chi connectivity index (χ3v) is 4.77. The Balaban J connectivity index is 2.63. The summed E-state index contributed by atoms with van der Waals surface area (Å²) in [4.78, 5) is 41.0. The van der Waals surface area contributed by atoms with Crippen molar-refractivity contribution in [2.45, 2.75) is 37.7 Å². The highest BCUT2D eigenvalue weighted by atomic mass is 32.2. The van der Waals surface area contributed by atoms with E-state index >= 15 is 0 Å². The van der Waals surface area contributed by atoms with E-state index in [2.05, 4.69) is 4.98 Å². The Morgan fingerprint density at radius 3 is 2.46 bits per heavy atom. The first-order chi connectivity index (χ1) is 12.3. The summed E-state index contributed by atoms with van der Waals surface area (Å²) in [5.74, 6) is -0.685. The number of aromatic nitrogens is 2. The van der Waals surface area contributed by atoms with Gasteiger partial charge < -0.3 is 9.47 Å². The van der Waals surface area contributed by atoms with Gasteiger partial charge in [-0.3, -0.25) is 14.2 Å². The SMILES string of the molecule is COC(=O)c1ccc2c(=O)n(CC(C)C)c(S[C@@H](C)C(=O)OC)nc2c1. The fraction of sp³-hybridized carbons (Fsp3) is 0.444. The van der Waals surface area contributed by atoms with Gasteiger partial charge in [0.25, 0.3) is 5.56 Å². The molecule has 0 aliphatic carbocycles. The summed E-state index contributed by atoms with van der Waals surface area (Å²) in [6.07, 6.45) is 0. The van der Waals surface area contributed by atoms with Gasteiger partial charge in [0.15, 0.2) is 5.16 Å². The lowest BCUT2D eigenvalue weighted by atomic mass is 10.1. The molecule has 0 aliphatic rings. The largest absolute Gasteiger partial charge is 0.468 e. The van der Waals surface area contributed by atoms with Crippen LogP contribution in [0, 0.1) is 5.92 Å². The number of thioether (sulfide) groups is 1. The van der Waals surface area contributed by atoms with Crippen LogP contribution in [-0.2, 0) is 20.8 Å². The highest BCUT2D eigenvalue weighted by Gasteiger charge is 2.21. The normalized spacial score (nSPS) is 12.2. The Kier molecular flexibility index (Phi) is 6.42. The monoisotopic (exact) mass is 378 g/mol. The van der Waals surface area contributed by atoms with Crippen molar-refractivity contribution >= 4 is 34.6 Å². The molecule has 0 N–H and O–H groups in total. The molecule has 0 spiro atoms. The van der Waals surface area contributed by atoms with Gasteiger partial charge in [-0.05, 0) is 31.0 Å². The number of carbonyl (C=O) groups is 2. The van der Waals surface area contributed by atoms with Crippen molar-refractivity contribution in [1.82, 2.24) is 9.55 Å². The minimum atomic E-state index is -0.522. The van der Waals surface area contributed by atoms with Crippen LogP contribution in [0.25, 0.3) is 10.9 Å². The average molecular weight is 378 g/mol. The van der Waals surface area contributed by atoms with E-state index < -0.39 is 17.2 Å². The first-order valence-electron chi connectivity index (χ1n) is 8.15. The molecule has 0 saturated heterocycles. The predicted molar refractivity (Wildman–Crippen MR) is 99.5 cm³/mol. The standard InChI is InChI=1S/C18H22N2O5S/c1-10(2)9-20-15(21)13-7-6-12(17(23)25-5)8-14(13)19-18(20)26-11(3)16(22)24-4/h6-8,10-11H,9H2,1-5H3/t11-/m0/s1. The van der Waals surface area contributed by atoms with Crippen LogP contribution in [0.3, 0.4) is 0 Å². The number of nitrogens with zero attached hydrogens (tertiary/aromatic N) is 2. The number of carbonyl (C=O) groups excluding carboxylic acids is 2. The van der Waals surface area contributed by atoms with Gasteiger partial charge in [0.05, 0.1) is 30.7 Å². The Labute approximate surface area is 155 Å². The van der Waals surface area contributed by atoms with Crippen LogP contribution >= 0.6 is 11.8 Å². The third kappa shape index (κ3) is 4.24. The Morgan fingerprint density at radius 2 is 1.88 bits per heavy atom. The van der Waals surface area contributed by atoms with Crippen molar-refractivity contribution in [1.29, 1.82) is 0 Å². The lowest BCUT2D eigenvalue weighted by Crippen LogP contribution is -2.27. The highest BCUT2D eigenvalue weighted by molar-refractivity contribution is 8.00. The molecular weight excluding hydrogens is 356 g/mol. The average Bonchev–Trinajstić information content (AvgIpc) is 2.62. The quantitative estimate of drug-likeness (QED) is 0.433. The predicted octanol–water partition coefficient (Wildman–Crippen LogP) is 2.49. The molecule has 26 heavy (non-hydrogen) atoms. The van der Waals surface area contributed by atoms with E-state index in [-0.39, 0.29) is 11.5 Å². The number of benzene rings is 1. The number of hydrogen-bond acceptors (Lipinski definition) is 7. The van der Waals surface area contributed by atoms with E-state index in [0.29, 0.717) is 28.2 Å². The molecule has 8 heteroatoms. The molecule has 140 valence electrons.